The van der Waals surface area contributed by atoms with E-state index < -0.39 is 0 Å². The van der Waals surface area contributed by atoms with Crippen LogP contribution in [-0.2, 0) is 0 Å². The molecule has 3 N–H and O–H groups in total. The number of nitrogens with one attached hydrogen (secondary N) is 1. The van der Waals surface area contributed by atoms with Gasteiger partial charge < -0.3 is 4.74 Å². The number of hydrazine groups is 1. The highest BCUT2D eigenvalue weighted by Crippen LogP contribution is 2.32. The molecule has 2 rings (SSSR count). The SMILES string of the molecule is COc1cc(C(NN)c2ccc(F)cc2I)ccc1Cl. The summed E-state index contributed by atoms with van der Waals surface area (Å²) < 4.78 is 19.2. The van der Waals surface area contributed by atoms with Crippen LogP contribution in [0.25, 0.3) is 0 Å². The Kier molecular flexibility index (Phi) is 5.20. The van der Waals surface area contributed by atoms with Gasteiger partial charge in [0.2, 0.25) is 0 Å². The fraction of sp³-hybridized carbons (Fsp3) is 0.143. The number of halogens is 3. The van der Waals surface area contributed by atoms with Gasteiger partial charge in [-0.3, -0.25) is 5.84 Å². The minimum Gasteiger partial charge on any atom is -0.495 e. The van der Waals surface area contributed by atoms with Crippen LogP contribution in [0.2, 0.25) is 5.02 Å². The van der Waals surface area contributed by atoms with Crippen LogP contribution in [0.4, 0.5) is 4.39 Å². The predicted octanol–water partition coefficient (Wildman–Crippen LogP) is 3.65. The number of rotatable bonds is 4. The molecule has 0 fully saturated rings. The van der Waals surface area contributed by atoms with Crippen molar-refractivity contribution in [2.24, 2.45) is 5.84 Å². The summed E-state index contributed by atoms with van der Waals surface area (Å²) in [6, 6.07) is 9.73. The molecule has 2 aromatic rings. The average molecular weight is 407 g/mol. The topological polar surface area (TPSA) is 47.3 Å². The van der Waals surface area contributed by atoms with Crippen LogP contribution < -0.4 is 16.0 Å². The van der Waals surface area contributed by atoms with Crippen molar-refractivity contribution in [3.05, 3.63) is 61.9 Å². The highest BCUT2D eigenvalue weighted by Gasteiger charge is 2.17. The van der Waals surface area contributed by atoms with E-state index in [0.29, 0.717) is 10.8 Å². The zero-order valence-electron chi connectivity index (χ0n) is 10.7. The molecule has 0 aliphatic heterocycles. The fourth-order valence-corrected chi connectivity index (χ4v) is 2.94. The van der Waals surface area contributed by atoms with Crippen molar-refractivity contribution in [1.29, 1.82) is 0 Å². The Hall–Kier alpha value is -0.890. The molecule has 6 heteroatoms. The van der Waals surface area contributed by atoms with E-state index in [2.05, 4.69) is 28.0 Å². The molecular formula is C14H13ClFIN2O. The second kappa shape index (κ2) is 6.71. The Labute approximate surface area is 135 Å². The Morgan fingerprint density at radius 3 is 2.65 bits per heavy atom. The molecule has 1 unspecified atom stereocenters. The third-order valence-electron chi connectivity index (χ3n) is 2.95. The van der Waals surface area contributed by atoms with E-state index in [0.717, 1.165) is 14.7 Å². The molecule has 1 atom stereocenters. The first-order valence-electron chi connectivity index (χ1n) is 5.81. The van der Waals surface area contributed by atoms with Crippen LogP contribution in [0.1, 0.15) is 17.2 Å². The third-order valence-corrected chi connectivity index (χ3v) is 4.20. The van der Waals surface area contributed by atoms with Crippen LogP contribution in [0, 0.1) is 9.39 Å². The first kappa shape index (κ1) is 15.5. The van der Waals surface area contributed by atoms with Gasteiger partial charge in [0, 0.05) is 3.57 Å². The highest BCUT2D eigenvalue weighted by molar-refractivity contribution is 14.1. The molecule has 0 aliphatic carbocycles. The maximum Gasteiger partial charge on any atom is 0.137 e. The van der Waals surface area contributed by atoms with Gasteiger partial charge in [-0.1, -0.05) is 23.7 Å². The first-order chi connectivity index (χ1) is 9.56. The smallest absolute Gasteiger partial charge is 0.137 e. The lowest BCUT2D eigenvalue weighted by Gasteiger charge is -2.19. The van der Waals surface area contributed by atoms with Crippen molar-refractivity contribution in [3.8, 4) is 5.75 Å². The summed E-state index contributed by atoms with van der Waals surface area (Å²) in [4.78, 5) is 0. The molecule has 0 saturated carbocycles. The van der Waals surface area contributed by atoms with Crippen LogP contribution in [0.3, 0.4) is 0 Å². The van der Waals surface area contributed by atoms with Crippen LogP contribution in [0.15, 0.2) is 36.4 Å². The monoisotopic (exact) mass is 406 g/mol. The number of ether oxygens (including phenoxy) is 1. The Balaban J connectivity index is 2.46. The molecule has 0 radical (unpaired) electrons. The highest BCUT2D eigenvalue weighted by atomic mass is 127. The van der Waals surface area contributed by atoms with E-state index in [1.165, 1.54) is 12.1 Å². The van der Waals surface area contributed by atoms with E-state index in [9.17, 15) is 4.39 Å². The molecule has 0 bridgehead atoms. The molecule has 0 amide bonds. The third kappa shape index (κ3) is 3.22. The quantitative estimate of drug-likeness (QED) is 0.463. The van der Waals surface area contributed by atoms with Crippen molar-refractivity contribution in [2.45, 2.75) is 6.04 Å². The van der Waals surface area contributed by atoms with E-state index >= 15 is 0 Å². The first-order valence-corrected chi connectivity index (χ1v) is 7.27. The van der Waals surface area contributed by atoms with Gasteiger partial charge in [0.25, 0.3) is 0 Å². The molecule has 3 nitrogen and oxygen atoms in total. The van der Waals surface area contributed by atoms with Gasteiger partial charge in [0.05, 0.1) is 18.2 Å². The van der Waals surface area contributed by atoms with E-state index in [4.69, 9.17) is 22.2 Å². The number of benzene rings is 2. The summed E-state index contributed by atoms with van der Waals surface area (Å²) in [7, 11) is 1.55. The summed E-state index contributed by atoms with van der Waals surface area (Å²) in [5, 5.41) is 0.529. The van der Waals surface area contributed by atoms with Gasteiger partial charge >= 0.3 is 0 Å². The lowest BCUT2D eigenvalue weighted by molar-refractivity contribution is 0.414. The van der Waals surface area contributed by atoms with Crippen LogP contribution in [0.5, 0.6) is 5.75 Å². The molecular weight excluding hydrogens is 394 g/mol. The maximum absolute atomic E-state index is 13.2. The number of hydrogen-bond donors (Lipinski definition) is 2. The van der Waals surface area contributed by atoms with Gasteiger partial charge in [0.15, 0.2) is 0 Å². The van der Waals surface area contributed by atoms with Gasteiger partial charge in [-0.15, -0.1) is 0 Å². The van der Waals surface area contributed by atoms with Gasteiger partial charge in [-0.05, 0) is 58.0 Å². The number of hydrogen-bond acceptors (Lipinski definition) is 3. The summed E-state index contributed by atoms with van der Waals surface area (Å²) >= 11 is 8.10. The second-order valence-corrected chi connectivity index (χ2v) is 5.73. The van der Waals surface area contributed by atoms with E-state index in [1.54, 1.807) is 19.2 Å². The zero-order chi connectivity index (χ0) is 14.7. The predicted molar refractivity (Wildman–Crippen MR) is 86.3 cm³/mol. The Bertz CT molecular complexity index is 624. The van der Waals surface area contributed by atoms with Crippen LogP contribution in [-0.4, -0.2) is 7.11 Å². The largest absolute Gasteiger partial charge is 0.495 e. The molecule has 0 aliphatic rings. The Morgan fingerprint density at radius 2 is 2.05 bits per heavy atom. The number of nitrogens with two attached hydrogens (primary N) is 1. The maximum atomic E-state index is 13.2. The average Bonchev–Trinajstić information content (AvgIpc) is 2.43. The molecule has 0 aromatic heterocycles. The molecule has 106 valence electrons. The molecule has 0 saturated heterocycles. The van der Waals surface area contributed by atoms with Crippen molar-refractivity contribution in [1.82, 2.24) is 5.43 Å². The van der Waals surface area contributed by atoms with E-state index in [-0.39, 0.29) is 11.9 Å². The molecule has 2 aromatic carbocycles. The Morgan fingerprint density at radius 1 is 1.30 bits per heavy atom. The fourth-order valence-electron chi connectivity index (χ4n) is 1.96. The van der Waals surface area contributed by atoms with Gasteiger partial charge in [0.1, 0.15) is 11.6 Å². The number of methoxy groups -OCH3 is 1. The van der Waals surface area contributed by atoms with E-state index in [1.807, 2.05) is 12.1 Å². The van der Waals surface area contributed by atoms with Crippen molar-refractivity contribution >= 4 is 34.2 Å². The van der Waals surface area contributed by atoms with Crippen molar-refractivity contribution in [2.75, 3.05) is 7.11 Å². The minimum atomic E-state index is -0.275. The summed E-state index contributed by atoms with van der Waals surface area (Å²) in [6.45, 7) is 0. The van der Waals surface area contributed by atoms with Gasteiger partial charge in [-0.2, -0.15) is 0 Å². The summed E-state index contributed by atoms with van der Waals surface area (Å²) in [6.07, 6.45) is 0. The minimum absolute atomic E-state index is 0.270. The lowest BCUT2D eigenvalue weighted by atomic mass is 9.99. The molecule has 20 heavy (non-hydrogen) atoms. The molecule has 0 spiro atoms. The lowest BCUT2D eigenvalue weighted by Crippen LogP contribution is -2.29. The van der Waals surface area contributed by atoms with Crippen molar-refractivity contribution in [3.63, 3.8) is 0 Å². The zero-order valence-corrected chi connectivity index (χ0v) is 13.6. The summed E-state index contributed by atoms with van der Waals surface area (Å²) in [5.41, 5.74) is 4.51. The second-order valence-electron chi connectivity index (χ2n) is 4.16. The standard InChI is InChI=1S/C14H13ClFIN2O/c1-20-13-6-8(2-5-11(13)15)14(19-18)10-4-3-9(16)7-12(10)17/h2-7,14,19H,18H2,1H3. The van der Waals surface area contributed by atoms with Gasteiger partial charge in [-0.25, -0.2) is 9.82 Å². The molecule has 0 heterocycles. The van der Waals surface area contributed by atoms with Crippen LogP contribution >= 0.6 is 34.2 Å². The normalized spacial score (nSPS) is 12.2. The van der Waals surface area contributed by atoms with Crippen molar-refractivity contribution < 1.29 is 9.13 Å². The summed E-state index contributed by atoms with van der Waals surface area (Å²) in [5.74, 6) is 5.95.